The topological polar surface area (TPSA) is 148 Å². The number of aryl methyl sites for hydroxylation is 1. The van der Waals surface area contributed by atoms with Crippen molar-refractivity contribution in [2.24, 2.45) is 0 Å². The first kappa shape index (κ1) is 21.9. The second-order valence-corrected chi connectivity index (χ2v) is 7.17. The molecule has 0 aliphatic carbocycles. The van der Waals surface area contributed by atoms with Crippen LogP contribution < -0.4 is 20.9 Å². The zero-order valence-corrected chi connectivity index (χ0v) is 18.0. The van der Waals surface area contributed by atoms with Crippen LogP contribution in [0.25, 0.3) is 22.3 Å². The van der Waals surface area contributed by atoms with Gasteiger partial charge < -0.3 is 19.9 Å². The summed E-state index contributed by atoms with van der Waals surface area (Å²) >= 11 is 0. The van der Waals surface area contributed by atoms with E-state index in [-0.39, 0.29) is 17.9 Å². The lowest BCUT2D eigenvalue weighted by molar-refractivity contribution is -0.121. The molecule has 0 fully saturated rings. The molecule has 3 aromatic heterocycles. The van der Waals surface area contributed by atoms with Crippen molar-refractivity contribution in [2.45, 2.75) is 19.3 Å². The van der Waals surface area contributed by atoms with Gasteiger partial charge in [0.05, 0.1) is 12.5 Å². The zero-order valence-electron chi connectivity index (χ0n) is 18.0. The third-order valence-corrected chi connectivity index (χ3v) is 4.90. The minimum atomic E-state index is -0.284. The molecule has 3 heterocycles. The van der Waals surface area contributed by atoms with E-state index < -0.39 is 0 Å². The molecule has 0 unspecified atom stereocenters. The maximum atomic E-state index is 12.1. The van der Waals surface area contributed by atoms with Crippen LogP contribution in [0.1, 0.15) is 18.7 Å². The van der Waals surface area contributed by atoms with Crippen LogP contribution in [0.5, 0.6) is 5.75 Å². The van der Waals surface area contributed by atoms with Gasteiger partial charge in [0.25, 0.3) is 5.56 Å². The fourth-order valence-electron chi connectivity index (χ4n) is 3.17. The van der Waals surface area contributed by atoms with Crippen molar-refractivity contribution in [3.63, 3.8) is 0 Å². The first-order valence-electron chi connectivity index (χ1n) is 10.4. The number of rotatable bonds is 10. The van der Waals surface area contributed by atoms with Gasteiger partial charge in [0, 0.05) is 37.7 Å². The van der Waals surface area contributed by atoms with Crippen LogP contribution in [0.15, 0.2) is 51.9 Å². The highest BCUT2D eigenvalue weighted by Gasteiger charge is 2.11. The van der Waals surface area contributed by atoms with Crippen LogP contribution in [0.4, 0.5) is 5.82 Å². The number of nitrogens with one attached hydrogen (secondary N) is 3. The SMILES string of the molecule is COc1ccc(-c2noc(CCC(=O)NCCCNc3n[nH]c(=O)c4cccnc34)n2)cc1. The summed E-state index contributed by atoms with van der Waals surface area (Å²) in [5, 5.41) is 16.9. The van der Waals surface area contributed by atoms with E-state index in [9.17, 15) is 9.59 Å². The van der Waals surface area contributed by atoms with Crippen molar-refractivity contribution in [1.29, 1.82) is 0 Å². The summed E-state index contributed by atoms with van der Waals surface area (Å²) in [6, 6.07) is 10.7. The average Bonchev–Trinajstić information content (AvgIpc) is 3.33. The number of carbonyl (C=O) groups excluding carboxylic acids is 1. The number of H-pyrrole nitrogens is 1. The number of amides is 1. The molecule has 1 amide bonds. The van der Waals surface area contributed by atoms with Crippen LogP contribution in [-0.4, -0.2) is 51.4 Å². The van der Waals surface area contributed by atoms with E-state index in [4.69, 9.17) is 9.26 Å². The lowest BCUT2D eigenvalue weighted by atomic mass is 10.2. The molecule has 0 bridgehead atoms. The van der Waals surface area contributed by atoms with Gasteiger partial charge in [0.2, 0.25) is 17.6 Å². The highest BCUT2D eigenvalue weighted by atomic mass is 16.5. The smallest absolute Gasteiger partial charge is 0.273 e. The fraction of sp³-hybridized carbons (Fsp3) is 0.273. The third-order valence-electron chi connectivity index (χ3n) is 4.90. The van der Waals surface area contributed by atoms with Gasteiger partial charge in [-0.2, -0.15) is 10.1 Å². The molecule has 11 nitrogen and oxygen atoms in total. The molecule has 4 aromatic rings. The van der Waals surface area contributed by atoms with Gasteiger partial charge in [-0.05, 0) is 42.8 Å². The van der Waals surface area contributed by atoms with Crippen molar-refractivity contribution >= 4 is 22.6 Å². The van der Waals surface area contributed by atoms with Gasteiger partial charge in [0.15, 0.2) is 5.82 Å². The first-order valence-corrected chi connectivity index (χ1v) is 10.4. The molecular weight excluding hydrogens is 426 g/mol. The largest absolute Gasteiger partial charge is 0.497 e. The van der Waals surface area contributed by atoms with E-state index in [1.165, 1.54) is 0 Å². The Hall–Kier alpha value is -4.28. The van der Waals surface area contributed by atoms with Crippen molar-refractivity contribution in [1.82, 2.24) is 30.6 Å². The van der Waals surface area contributed by atoms with Crippen LogP contribution in [0.3, 0.4) is 0 Å². The number of benzene rings is 1. The molecule has 0 aliphatic rings. The predicted octanol–water partition coefficient (Wildman–Crippen LogP) is 1.93. The Labute approximate surface area is 188 Å². The van der Waals surface area contributed by atoms with E-state index in [1.54, 1.807) is 25.4 Å². The van der Waals surface area contributed by atoms with Crippen LogP contribution in [0.2, 0.25) is 0 Å². The molecule has 0 radical (unpaired) electrons. The Kier molecular flexibility index (Phi) is 6.88. The van der Waals surface area contributed by atoms with Gasteiger partial charge in [-0.15, -0.1) is 0 Å². The number of pyridine rings is 1. The van der Waals surface area contributed by atoms with E-state index >= 15 is 0 Å². The summed E-state index contributed by atoms with van der Waals surface area (Å²) in [5.74, 6) is 2.02. The van der Waals surface area contributed by atoms with Crippen LogP contribution in [-0.2, 0) is 11.2 Å². The summed E-state index contributed by atoms with van der Waals surface area (Å²) in [6.45, 7) is 1.04. The van der Waals surface area contributed by atoms with E-state index in [0.717, 1.165) is 11.3 Å². The summed E-state index contributed by atoms with van der Waals surface area (Å²) in [4.78, 5) is 32.4. The number of nitrogens with zero attached hydrogens (tertiary/aromatic N) is 4. The maximum Gasteiger partial charge on any atom is 0.273 e. The number of methoxy groups -OCH3 is 1. The number of hydrogen-bond acceptors (Lipinski definition) is 9. The van der Waals surface area contributed by atoms with Crippen molar-refractivity contribution in [2.75, 3.05) is 25.5 Å². The molecule has 3 N–H and O–H groups in total. The Bertz CT molecular complexity index is 1280. The van der Waals surface area contributed by atoms with Crippen molar-refractivity contribution in [3.05, 3.63) is 58.8 Å². The number of aromatic nitrogens is 5. The molecule has 170 valence electrons. The number of anilines is 1. The minimum absolute atomic E-state index is 0.103. The van der Waals surface area contributed by atoms with Gasteiger partial charge >= 0.3 is 0 Å². The fourth-order valence-corrected chi connectivity index (χ4v) is 3.17. The summed E-state index contributed by atoms with van der Waals surface area (Å²) < 4.78 is 10.4. The molecule has 0 atom stereocenters. The van der Waals surface area contributed by atoms with Crippen LogP contribution >= 0.6 is 0 Å². The van der Waals surface area contributed by atoms with E-state index in [2.05, 4.69) is 36.0 Å². The second kappa shape index (κ2) is 10.4. The number of carbonyl (C=O) groups is 1. The number of ether oxygens (including phenoxy) is 1. The second-order valence-electron chi connectivity index (χ2n) is 7.17. The summed E-state index contributed by atoms with van der Waals surface area (Å²) in [6.07, 6.45) is 2.88. The molecule has 1 aromatic carbocycles. The molecule has 33 heavy (non-hydrogen) atoms. The van der Waals surface area contributed by atoms with E-state index in [0.29, 0.717) is 54.4 Å². The Balaban J connectivity index is 1.18. The minimum Gasteiger partial charge on any atom is -0.497 e. The average molecular weight is 449 g/mol. The van der Waals surface area contributed by atoms with Gasteiger partial charge in [-0.1, -0.05) is 5.16 Å². The Morgan fingerprint density at radius 1 is 1.18 bits per heavy atom. The standard InChI is InChI=1S/C22H23N7O4/c1-32-15-7-5-14(6-8-15)20-26-18(33-29-20)10-9-17(30)23-12-3-13-25-21-19-16(4-2-11-24-19)22(31)28-27-21/h2,4-8,11H,3,9-10,12-13H2,1H3,(H,23,30)(H,25,27)(H,28,31). The van der Waals surface area contributed by atoms with Crippen LogP contribution in [0, 0.1) is 0 Å². The normalized spacial score (nSPS) is 10.8. The molecule has 0 aliphatic heterocycles. The molecule has 4 rings (SSSR count). The predicted molar refractivity (Wildman–Crippen MR) is 121 cm³/mol. The lowest BCUT2D eigenvalue weighted by Gasteiger charge is -2.08. The molecule has 0 saturated heterocycles. The first-order chi connectivity index (χ1) is 16.1. The molecule has 0 saturated carbocycles. The summed E-state index contributed by atoms with van der Waals surface area (Å²) in [7, 11) is 1.60. The van der Waals surface area contributed by atoms with Gasteiger partial charge in [-0.3, -0.25) is 14.6 Å². The Morgan fingerprint density at radius 3 is 2.85 bits per heavy atom. The number of fused-ring (bicyclic) bond motifs is 1. The number of aromatic amines is 1. The quantitative estimate of drug-likeness (QED) is 0.309. The summed E-state index contributed by atoms with van der Waals surface area (Å²) in [5.41, 5.74) is 1.04. The third kappa shape index (κ3) is 5.50. The van der Waals surface area contributed by atoms with Crippen molar-refractivity contribution in [3.8, 4) is 17.1 Å². The lowest BCUT2D eigenvalue weighted by Crippen LogP contribution is -2.26. The van der Waals surface area contributed by atoms with Crippen molar-refractivity contribution < 1.29 is 14.1 Å². The maximum absolute atomic E-state index is 12.1. The highest BCUT2D eigenvalue weighted by Crippen LogP contribution is 2.20. The molecule has 0 spiro atoms. The molecular formula is C22H23N7O4. The van der Waals surface area contributed by atoms with Gasteiger partial charge in [0.1, 0.15) is 11.3 Å². The Morgan fingerprint density at radius 2 is 2.03 bits per heavy atom. The number of hydrogen-bond donors (Lipinski definition) is 3. The zero-order chi connectivity index (χ0) is 23.0. The molecule has 11 heteroatoms. The monoisotopic (exact) mass is 449 g/mol. The van der Waals surface area contributed by atoms with E-state index in [1.807, 2.05) is 24.3 Å². The van der Waals surface area contributed by atoms with Gasteiger partial charge in [-0.25, -0.2) is 5.10 Å². The highest BCUT2D eigenvalue weighted by molar-refractivity contribution is 5.86.